The molecule has 39 heavy (non-hydrogen) atoms. The van der Waals surface area contributed by atoms with E-state index in [1.807, 2.05) is 42.7 Å². The van der Waals surface area contributed by atoms with E-state index in [2.05, 4.69) is 21.9 Å². The van der Waals surface area contributed by atoms with Gasteiger partial charge in [-0.2, -0.15) is 4.98 Å². The van der Waals surface area contributed by atoms with Crippen LogP contribution in [0, 0.1) is 5.92 Å². The van der Waals surface area contributed by atoms with Crippen molar-refractivity contribution < 1.29 is 14.6 Å². The molecule has 3 aromatic heterocycles. The average molecular weight is 532 g/mol. The summed E-state index contributed by atoms with van der Waals surface area (Å²) in [6.07, 6.45) is 1.98. The molecule has 0 saturated carbocycles. The lowest BCUT2D eigenvalue weighted by Gasteiger charge is -2.37. The number of anilines is 1. The highest BCUT2D eigenvalue weighted by Gasteiger charge is 2.30. The second-order valence-corrected chi connectivity index (χ2v) is 11.1. The maximum Gasteiger partial charge on any atom is 0.238 e. The third-order valence-corrected chi connectivity index (χ3v) is 7.96. The fourth-order valence-corrected chi connectivity index (χ4v) is 5.76. The molecule has 6 rings (SSSR count). The Labute approximate surface area is 228 Å². The fourth-order valence-electron chi connectivity index (χ4n) is 5.76. The summed E-state index contributed by atoms with van der Waals surface area (Å²) in [5.41, 5.74) is 3.80. The zero-order chi connectivity index (χ0) is 27.0. The van der Waals surface area contributed by atoms with Gasteiger partial charge in [0.25, 0.3) is 0 Å². The zero-order valence-electron chi connectivity index (χ0n) is 23.0. The number of fused-ring (bicyclic) bond motifs is 2. The van der Waals surface area contributed by atoms with Crippen molar-refractivity contribution in [2.45, 2.75) is 45.4 Å². The number of methoxy groups -OCH3 is 1. The lowest BCUT2D eigenvalue weighted by Crippen LogP contribution is -2.41. The number of hydrogen-bond acceptors (Lipinski definition) is 9. The van der Waals surface area contributed by atoms with Gasteiger partial charge in [-0.05, 0) is 70.0 Å². The Morgan fingerprint density at radius 2 is 1.72 bits per heavy atom. The summed E-state index contributed by atoms with van der Waals surface area (Å²) in [6.45, 7) is 9.67. The highest BCUT2D eigenvalue weighted by atomic mass is 16.5. The summed E-state index contributed by atoms with van der Waals surface area (Å²) in [6, 6.07) is 12.1. The summed E-state index contributed by atoms with van der Waals surface area (Å²) >= 11 is 0. The second-order valence-electron chi connectivity index (χ2n) is 11.1. The number of benzene rings is 1. The smallest absolute Gasteiger partial charge is 0.238 e. The van der Waals surface area contributed by atoms with Crippen LogP contribution < -0.4 is 4.90 Å². The number of aliphatic hydroxyl groups is 1. The minimum Gasteiger partial charge on any atom is -0.390 e. The van der Waals surface area contributed by atoms with E-state index in [4.69, 9.17) is 29.4 Å². The Hall–Kier alpha value is -3.18. The van der Waals surface area contributed by atoms with E-state index in [1.165, 1.54) is 0 Å². The third-order valence-electron chi connectivity index (χ3n) is 7.96. The summed E-state index contributed by atoms with van der Waals surface area (Å²) in [5, 5.41) is 10.4. The molecule has 2 aliphatic heterocycles. The third kappa shape index (κ3) is 5.34. The molecule has 0 amide bonds. The highest BCUT2D eigenvalue weighted by molar-refractivity contribution is 5.87. The van der Waals surface area contributed by atoms with E-state index in [1.54, 1.807) is 7.11 Å². The number of ether oxygens (including phenoxy) is 2. The van der Waals surface area contributed by atoms with Gasteiger partial charge in [0, 0.05) is 26.7 Å². The summed E-state index contributed by atoms with van der Waals surface area (Å²) in [7, 11) is 1.67. The lowest BCUT2D eigenvalue weighted by atomic mass is 9.83. The molecule has 5 heterocycles. The molecule has 2 aliphatic rings. The van der Waals surface area contributed by atoms with E-state index >= 15 is 0 Å². The fraction of sp³-hybridized carbons (Fsp3) is 0.517. The van der Waals surface area contributed by atoms with Gasteiger partial charge in [0.05, 0.1) is 41.1 Å². The van der Waals surface area contributed by atoms with Gasteiger partial charge in [-0.3, -0.25) is 9.47 Å². The molecule has 0 radical (unpaired) electrons. The first-order chi connectivity index (χ1) is 18.9. The Bertz CT molecular complexity index is 1450. The Balaban J connectivity index is 1.38. The maximum atomic E-state index is 10.4. The molecule has 10 heteroatoms. The summed E-state index contributed by atoms with van der Waals surface area (Å²) < 4.78 is 13.1. The molecule has 0 unspecified atom stereocenters. The van der Waals surface area contributed by atoms with Crippen molar-refractivity contribution >= 4 is 27.9 Å². The first-order valence-electron chi connectivity index (χ1n) is 13.8. The van der Waals surface area contributed by atoms with E-state index < -0.39 is 5.60 Å². The molecule has 0 aliphatic carbocycles. The number of aromatic nitrogens is 5. The van der Waals surface area contributed by atoms with Gasteiger partial charge in [0.1, 0.15) is 17.9 Å². The molecule has 0 spiro atoms. The number of imidazole rings is 1. The van der Waals surface area contributed by atoms with Crippen molar-refractivity contribution in [3.05, 3.63) is 47.9 Å². The first kappa shape index (κ1) is 26.1. The molecule has 10 nitrogen and oxygen atoms in total. The van der Waals surface area contributed by atoms with Crippen molar-refractivity contribution in [1.29, 1.82) is 0 Å². The van der Waals surface area contributed by atoms with Gasteiger partial charge in [-0.15, -0.1) is 0 Å². The van der Waals surface area contributed by atoms with Gasteiger partial charge in [-0.1, -0.05) is 12.1 Å². The van der Waals surface area contributed by atoms with Crippen molar-refractivity contribution in [2.24, 2.45) is 5.92 Å². The van der Waals surface area contributed by atoms with E-state index in [0.717, 1.165) is 85.0 Å². The van der Waals surface area contributed by atoms with Crippen LogP contribution in [0.4, 0.5) is 5.82 Å². The predicted octanol–water partition coefficient (Wildman–Crippen LogP) is 3.33. The molecular formula is C29H37N7O3. The highest BCUT2D eigenvalue weighted by Crippen LogP contribution is 2.30. The van der Waals surface area contributed by atoms with Crippen LogP contribution in [-0.2, 0) is 22.6 Å². The van der Waals surface area contributed by atoms with Crippen LogP contribution in [0.2, 0.25) is 0 Å². The van der Waals surface area contributed by atoms with Crippen LogP contribution >= 0.6 is 0 Å². The van der Waals surface area contributed by atoms with E-state index in [9.17, 15) is 5.11 Å². The molecular weight excluding hydrogens is 494 g/mol. The molecule has 1 N–H and O–H groups in total. The number of para-hydroxylation sites is 2. The number of pyridine rings is 1. The molecule has 206 valence electrons. The number of hydrogen-bond donors (Lipinski definition) is 1. The van der Waals surface area contributed by atoms with Crippen molar-refractivity contribution in [2.75, 3.05) is 51.4 Å². The monoisotopic (exact) mass is 531 g/mol. The molecule has 1 aromatic carbocycles. The van der Waals surface area contributed by atoms with Gasteiger partial charge >= 0.3 is 0 Å². The molecule has 2 fully saturated rings. The minimum atomic E-state index is -0.626. The first-order valence-corrected chi connectivity index (χ1v) is 13.8. The Morgan fingerprint density at radius 1 is 0.949 bits per heavy atom. The number of likely N-dealkylation sites (tertiary alicyclic amines) is 1. The largest absolute Gasteiger partial charge is 0.390 e. The number of piperidine rings is 1. The number of nitrogens with zero attached hydrogens (tertiary/aromatic N) is 7. The zero-order valence-corrected chi connectivity index (χ0v) is 23.0. The van der Waals surface area contributed by atoms with Gasteiger partial charge in [0.15, 0.2) is 5.82 Å². The Morgan fingerprint density at radius 3 is 2.46 bits per heavy atom. The number of rotatable bonds is 7. The van der Waals surface area contributed by atoms with Crippen molar-refractivity contribution in [3.8, 4) is 5.95 Å². The lowest BCUT2D eigenvalue weighted by molar-refractivity contribution is -0.0137. The summed E-state index contributed by atoms with van der Waals surface area (Å²) in [5.74, 6) is 2.47. The molecule has 0 bridgehead atoms. The van der Waals surface area contributed by atoms with Gasteiger partial charge < -0.3 is 19.5 Å². The quantitative estimate of drug-likeness (QED) is 0.385. The van der Waals surface area contributed by atoms with Crippen LogP contribution in [-0.4, -0.2) is 86.6 Å². The van der Waals surface area contributed by atoms with Crippen LogP contribution in [0.3, 0.4) is 0 Å². The summed E-state index contributed by atoms with van der Waals surface area (Å²) in [4.78, 5) is 24.7. The molecule has 0 atom stereocenters. The van der Waals surface area contributed by atoms with E-state index in [0.29, 0.717) is 31.7 Å². The topological polar surface area (TPSA) is 102 Å². The van der Waals surface area contributed by atoms with E-state index in [-0.39, 0.29) is 0 Å². The average Bonchev–Trinajstić information content (AvgIpc) is 3.31. The molecule has 2 saturated heterocycles. The van der Waals surface area contributed by atoms with Crippen LogP contribution in [0.5, 0.6) is 0 Å². The second kappa shape index (κ2) is 10.8. The maximum absolute atomic E-state index is 10.4. The number of morpholine rings is 1. The van der Waals surface area contributed by atoms with Gasteiger partial charge in [-0.25, -0.2) is 15.0 Å². The van der Waals surface area contributed by atoms with Crippen LogP contribution in [0.1, 0.15) is 38.2 Å². The van der Waals surface area contributed by atoms with Gasteiger partial charge in [0.2, 0.25) is 5.95 Å². The van der Waals surface area contributed by atoms with Crippen LogP contribution in [0.15, 0.2) is 36.4 Å². The minimum absolute atomic E-state index is 0.334. The van der Waals surface area contributed by atoms with Crippen LogP contribution in [0.25, 0.3) is 28.0 Å². The predicted molar refractivity (Wildman–Crippen MR) is 150 cm³/mol. The normalized spacial score (nSPS) is 17.9. The van der Waals surface area contributed by atoms with Crippen molar-refractivity contribution in [3.63, 3.8) is 0 Å². The Kier molecular flexibility index (Phi) is 7.20. The van der Waals surface area contributed by atoms with Crippen molar-refractivity contribution in [1.82, 2.24) is 29.4 Å². The molecule has 4 aromatic rings. The SMILES string of the molecule is COCc1nc2ccccc2n1-c1nc(N2CCOCC2)c2nc(CN3CCC(C(C)(C)O)CC3)ccc2n1. The standard InChI is InChI=1S/C29H37N7O3/c1-29(2,37)20-10-12-34(13-11-20)18-21-8-9-23-26(30-21)27(35-14-16-39-17-15-35)33-28(32-23)36-24-7-5-4-6-22(24)31-25(36)19-38-3/h4-9,20,37H,10-19H2,1-3H3.